The molecule has 0 aliphatic heterocycles. The number of methoxy groups -OCH3 is 1. The summed E-state index contributed by atoms with van der Waals surface area (Å²) in [6.07, 6.45) is 0. The van der Waals surface area contributed by atoms with Crippen molar-refractivity contribution in [2.75, 3.05) is 7.11 Å². The Morgan fingerprint density at radius 3 is 2.71 bits per heavy atom. The molecule has 2 heterocycles. The van der Waals surface area contributed by atoms with E-state index in [9.17, 15) is 0 Å². The molecule has 0 aliphatic carbocycles. The van der Waals surface area contributed by atoms with Crippen molar-refractivity contribution in [2.45, 2.75) is 19.2 Å². The van der Waals surface area contributed by atoms with Crippen LogP contribution < -0.4 is 4.74 Å². The number of alkyl halides is 1. The van der Waals surface area contributed by atoms with Gasteiger partial charge in [-0.2, -0.15) is 0 Å². The maximum absolute atomic E-state index is 6.30. The Kier molecular flexibility index (Phi) is 3.55. The molecule has 0 radical (unpaired) electrons. The molecule has 3 rings (SSSR count). The van der Waals surface area contributed by atoms with Gasteiger partial charge in [-0.25, -0.2) is 9.97 Å². The van der Waals surface area contributed by atoms with Gasteiger partial charge in [0.05, 0.1) is 18.2 Å². The molecule has 0 spiro atoms. The Bertz CT molecular complexity index is 795. The molecule has 21 heavy (non-hydrogen) atoms. The van der Waals surface area contributed by atoms with Crippen molar-refractivity contribution in [3.8, 4) is 11.4 Å². The number of halogens is 1. The molecule has 0 saturated heterocycles. The van der Waals surface area contributed by atoms with Crippen LogP contribution in [0.4, 0.5) is 0 Å². The lowest BCUT2D eigenvalue weighted by Gasteiger charge is -2.11. The lowest BCUT2D eigenvalue weighted by atomic mass is 10.3. The van der Waals surface area contributed by atoms with Crippen molar-refractivity contribution >= 4 is 22.8 Å². The summed E-state index contributed by atoms with van der Waals surface area (Å²) in [6, 6.07) is 11.7. The number of benzene rings is 1. The highest BCUT2D eigenvalue weighted by Crippen LogP contribution is 2.28. The molecule has 5 heteroatoms. The molecular weight excluding hydrogens is 286 g/mol. The summed E-state index contributed by atoms with van der Waals surface area (Å²) in [4.78, 5) is 9.22. The predicted octanol–water partition coefficient (Wildman–Crippen LogP) is 4.04. The van der Waals surface area contributed by atoms with Gasteiger partial charge in [0.1, 0.15) is 17.1 Å². The summed E-state index contributed by atoms with van der Waals surface area (Å²) >= 11 is 6.30. The Morgan fingerprint density at radius 2 is 2.00 bits per heavy atom. The van der Waals surface area contributed by atoms with Gasteiger partial charge in [0, 0.05) is 11.8 Å². The number of rotatable bonds is 3. The molecule has 1 atom stereocenters. The van der Waals surface area contributed by atoms with Crippen molar-refractivity contribution in [1.82, 2.24) is 14.5 Å². The van der Waals surface area contributed by atoms with Crippen molar-refractivity contribution in [2.24, 2.45) is 0 Å². The Morgan fingerprint density at radius 1 is 1.19 bits per heavy atom. The summed E-state index contributed by atoms with van der Waals surface area (Å²) in [5, 5.41) is -0.217. The number of aryl methyl sites for hydroxylation is 1. The number of imidazole rings is 1. The van der Waals surface area contributed by atoms with E-state index < -0.39 is 0 Å². The zero-order valence-corrected chi connectivity index (χ0v) is 12.9. The number of hydrogen-bond donors (Lipinski definition) is 0. The standard InChI is InChI=1S/C16H16ClN3O/c1-10-7-8-14-16(18-10)20(15(19-14)11(2)17)12-5-4-6-13(9-12)21-3/h4-9,11H,1-3H3. The van der Waals surface area contributed by atoms with Crippen LogP contribution in [0.2, 0.25) is 0 Å². The van der Waals surface area contributed by atoms with E-state index in [1.807, 2.05) is 54.8 Å². The Balaban J connectivity index is 2.32. The van der Waals surface area contributed by atoms with Gasteiger partial charge in [0.15, 0.2) is 5.65 Å². The Hall–Kier alpha value is -2.07. The van der Waals surface area contributed by atoms with Gasteiger partial charge in [-0.3, -0.25) is 4.57 Å². The predicted molar refractivity (Wildman–Crippen MR) is 84.4 cm³/mol. The van der Waals surface area contributed by atoms with E-state index in [-0.39, 0.29) is 5.38 Å². The van der Waals surface area contributed by atoms with Crippen LogP contribution in [-0.4, -0.2) is 21.6 Å². The third-order valence-corrected chi connectivity index (χ3v) is 3.53. The number of fused-ring (bicyclic) bond motifs is 1. The maximum Gasteiger partial charge on any atom is 0.164 e. The van der Waals surface area contributed by atoms with Gasteiger partial charge >= 0.3 is 0 Å². The van der Waals surface area contributed by atoms with Crippen LogP contribution in [0.5, 0.6) is 5.75 Å². The first-order valence-corrected chi connectivity index (χ1v) is 7.18. The second-order valence-corrected chi connectivity index (χ2v) is 5.57. The van der Waals surface area contributed by atoms with Crippen LogP contribution in [0.25, 0.3) is 16.9 Å². The van der Waals surface area contributed by atoms with Crippen LogP contribution in [-0.2, 0) is 0 Å². The second kappa shape index (κ2) is 5.37. The van der Waals surface area contributed by atoms with E-state index in [1.54, 1.807) is 7.11 Å². The first-order chi connectivity index (χ1) is 10.1. The number of ether oxygens (including phenoxy) is 1. The van der Waals surface area contributed by atoms with E-state index in [1.165, 1.54) is 0 Å². The fourth-order valence-corrected chi connectivity index (χ4v) is 2.49. The summed E-state index contributed by atoms with van der Waals surface area (Å²) < 4.78 is 7.29. The molecule has 0 saturated carbocycles. The molecule has 2 aromatic heterocycles. The van der Waals surface area contributed by atoms with Crippen LogP contribution >= 0.6 is 11.6 Å². The van der Waals surface area contributed by atoms with E-state index in [0.29, 0.717) is 0 Å². The zero-order chi connectivity index (χ0) is 15.0. The van der Waals surface area contributed by atoms with Gasteiger partial charge in [-0.15, -0.1) is 11.6 Å². The molecule has 3 aromatic rings. The van der Waals surface area contributed by atoms with Gasteiger partial charge in [0.2, 0.25) is 0 Å². The third kappa shape index (κ3) is 2.47. The summed E-state index contributed by atoms with van der Waals surface area (Å²) in [7, 11) is 1.65. The van der Waals surface area contributed by atoms with Crippen LogP contribution in [0.15, 0.2) is 36.4 Å². The summed E-state index contributed by atoms with van der Waals surface area (Å²) in [5.41, 5.74) is 3.54. The van der Waals surface area contributed by atoms with Gasteiger partial charge in [-0.1, -0.05) is 6.07 Å². The first kappa shape index (κ1) is 13.9. The SMILES string of the molecule is COc1cccc(-n2c(C(C)Cl)nc3ccc(C)nc32)c1. The van der Waals surface area contributed by atoms with Crippen LogP contribution in [0.1, 0.15) is 23.8 Å². The molecule has 0 N–H and O–H groups in total. The number of nitrogens with zero attached hydrogens (tertiary/aromatic N) is 3. The summed E-state index contributed by atoms with van der Waals surface area (Å²) in [6.45, 7) is 3.87. The zero-order valence-electron chi connectivity index (χ0n) is 12.2. The monoisotopic (exact) mass is 301 g/mol. The van der Waals surface area contributed by atoms with Crippen molar-refractivity contribution < 1.29 is 4.74 Å². The fraction of sp³-hybridized carbons (Fsp3) is 0.250. The summed E-state index contributed by atoms with van der Waals surface area (Å²) in [5.74, 6) is 1.56. The van der Waals surface area contributed by atoms with Crippen LogP contribution in [0, 0.1) is 6.92 Å². The normalized spacial score (nSPS) is 12.6. The molecule has 1 unspecified atom stereocenters. The quantitative estimate of drug-likeness (QED) is 0.686. The van der Waals surface area contributed by atoms with Crippen molar-refractivity contribution in [3.05, 3.63) is 47.9 Å². The molecule has 0 amide bonds. The minimum Gasteiger partial charge on any atom is -0.497 e. The molecule has 0 bridgehead atoms. The van der Waals surface area contributed by atoms with Crippen molar-refractivity contribution in [3.63, 3.8) is 0 Å². The molecule has 4 nitrogen and oxygen atoms in total. The highest BCUT2D eigenvalue weighted by atomic mass is 35.5. The first-order valence-electron chi connectivity index (χ1n) is 6.74. The van der Waals surface area contributed by atoms with Gasteiger partial charge in [0.25, 0.3) is 0 Å². The van der Waals surface area contributed by atoms with Crippen LogP contribution in [0.3, 0.4) is 0 Å². The highest BCUT2D eigenvalue weighted by molar-refractivity contribution is 6.20. The molecule has 108 valence electrons. The second-order valence-electron chi connectivity index (χ2n) is 4.92. The molecule has 1 aromatic carbocycles. The van der Waals surface area contributed by atoms with E-state index in [0.717, 1.165) is 34.1 Å². The van der Waals surface area contributed by atoms with Gasteiger partial charge < -0.3 is 4.74 Å². The van der Waals surface area contributed by atoms with E-state index in [2.05, 4.69) is 9.97 Å². The smallest absolute Gasteiger partial charge is 0.164 e. The number of aromatic nitrogens is 3. The maximum atomic E-state index is 6.30. The average Bonchev–Trinajstić information content (AvgIpc) is 2.86. The van der Waals surface area contributed by atoms with E-state index >= 15 is 0 Å². The minimum absolute atomic E-state index is 0.217. The molecule has 0 aliphatic rings. The number of pyridine rings is 1. The number of hydrogen-bond acceptors (Lipinski definition) is 3. The largest absolute Gasteiger partial charge is 0.497 e. The lowest BCUT2D eigenvalue weighted by molar-refractivity contribution is 0.414. The minimum atomic E-state index is -0.217. The topological polar surface area (TPSA) is 39.9 Å². The van der Waals surface area contributed by atoms with Gasteiger partial charge in [-0.05, 0) is 38.1 Å². The highest BCUT2D eigenvalue weighted by Gasteiger charge is 2.17. The molecular formula is C16H16ClN3O. The van der Waals surface area contributed by atoms with E-state index in [4.69, 9.17) is 16.3 Å². The Labute approximate surface area is 128 Å². The van der Waals surface area contributed by atoms with Crippen molar-refractivity contribution in [1.29, 1.82) is 0 Å². The fourth-order valence-electron chi connectivity index (χ4n) is 2.34. The third-order valence-electron chi connectivity index (χ3n) is 3.34. The lowest BCUT2D eigenvalue weighted by Crippen LogP contribution is -2.03. The molecule has 0 fully saturated rings. The average molecular weight is 302 g/mol.